The van der Waals surface area contributed by atoms with Crippen molar-refractivity contribution in [3.05, 3.63) is 29.8 Å². The second-order valence-electron chi connectivity index (χ2n) is 7.37. The van der Waals surface area contributed by atoms with Gasteiger partial charge in [-0.05, 0) is 51.8 Å². The number of alkyl carbamates (subject to hydrolysis) is 1. The van der Waals surface area contributed by atoms with Gasteiger partial charge in [0.25, 0.3) is 0 Å². The largest absolute Gasteiger partial charge is 0.497 e. The number of benzene rings is 1. The topological polar surface area (TPSA) is 93.2 Å². The first kappa shape index (κ1) is 24.6. The molecule has 164 valence electrons. The second kappa shape index (κ2) is 13.7. The Bertz CT molecular complexity index is 612. The number of hydrogen-bond acceptors (Lipinski definition) is 5. The predicted molar refractivity (Wildman–Crippen MR) is 115 cm³/mol. The first-order valence-electron chi connectivity index (χ1n) is 10.0. The van der Waals surface area contributed by atoms with Crippen LogP contribution in [-0.4, -0.2) is 57.5 Å². The Morgan fingerprint density at radius 2 is 1.76 bits per heavy atom. The number of hydrogen-bond donors (Lipinski definition) is 3. The van der Waals surface area contributed by atoms with Crippen molar-refractivity contribution in [1.82, 2.24) is 16.0 Å². The van der Waals surface area contributed by atoms with Crippen LogP contribution < -0.4 is 20.7 Å². The third-order valence-electron chi connectivity index (χ3n) is 3.57. The summed E-state index contributed by atoms with van der Waals surface area (Å²) >= 11 is 0. The van der Waals surface area contributed by atoms with Gasteiger partial charge in [0, 0.05) is 32.8 Å². The van der Waals surface area contributed by atoms with Gasteiger partial charge in [-0.15, -0.1) is 0 Å². The van der Waals surface area contributed by atoms with E-state index in [0.717, 1.165) is 24.3 Å². The quantitative estimate of drug-likeness (QED) is 0.296. The van der Waals surface area contributed by atoms with Gasteiger partial charge in [0.2, 0.25) is 0 Å². The van der Waals surface area contributed by atoms with Gasteiger partial charge < -0.3 is 30.2 Å². The number of amides is 1. The number of nitrogens with zero attached hydrogens (tertiary/aromatic N) is 1. The molecule has 0 heterocycles. The molecule has 0 saturated carbocycles. The maximum atomic E-state index is 11.6. The van der Waals surface area contributed by atoms with Gasteiger partial charge in [-0.1, -0.05) is 12.1 Å². The van der Waals surface area contributed by atoms with Crippen LogP contribution in [0.1, 0.15) is 39.7 Å². The maximum Gasteiger partial charge on any atom is 0.407 e. The van der Waals surface area contributed by atoms with Crippen molar-refractivity contribution in [3.8, 4) is 5.75 Å². The summed E-state index contributed by atoms with van der Waals surface area (Å²) in [5.41, 5.74) is 0.616. The normalized spacial score (nSPS) is 11.7. The minimum atomic E-state index is -0.497. The Morgan fingerprint density at radius 1 is 1.07 bits per heavy atom. The number of rotatable bonds is 11. The molecule has 0 radical (unpaired) electrons. The number of nitrogens with one attached hydrogen (secondary N) is 3. The molecule has 1 amide bonds. The lowest BCUT2D eigenvalue weighted by atomic mass is 10.2. The first-order chi connectivity index (χ1) is 13.8. The lowest BCUT2D eigenvalue weighted by Gasteiger charge is -2.19. The van der Waals surface area contributed by atoms with Crippen molar-refractivity contribution in [2.24, 2.45) is 4.99 Å². The third-order valence-corrected chi connectivity index (χ3v) is 3.57. The van der Waals surface area contributed by atoms with Crippen LogP contribution in [0, 0.1) is 0 Å². The molecule has 1 aromatic rings. The van der Waals surface area contributed by atoms with Crippen LogP contribution in [0.3, 0.4) is 0 Å². The second-order valence-corrected chi connectivity index (χ2v) is 7.37. The van der Waals surface area contributed by atoms with Crippen LogP contribution in [0.15, 0.2) is 29.3 Å². The molecule has 0 atom stereocenters. The zero-order valence-electron chi connectivity index (χ0n) is 18.3. The smallest absolute Gasteiger partial charge is 0.407 e. The van der Waals surface area contributed by atoms with E-state index in [9.17, 15) is 4.79 Å². The number of carbonyl (C=O) groups excluding carboxylic acids is 1. The van der Waals surface area contributed by atoms with Crippen LogP contribution in [-0.2, 0) is 16.1 Å². The lowest BCUT2D eigenvalue weighted by molar-refractivity contribution is 0.0529. The minimum absolute atomic E-state index is 0.421. The van der Waals surface area contributed by atoms with E-state index in [-0.39, 0.29) is 0 Å². The summed E-state index contributed by atoms with van der Waals surface area (Å²) in [5, 5.41) is 9.07. The van der Waals surface area contributed by atoms with E-state index in [1.807, 2.05) is 52.0 Å². The molecule has 3 N–H and O–H groups in total. The molecule has 8 nitrogen and oxygen atoms in total. The zero-order chi connectivity index (χ0) is 21.5. The SMILES string of the molecule is CCNC(=NCCCOCc1ccc(OC)cc1)NCCNC(=O)OC(C)(C)C. The number of ether oxygens (including phenoxy) is 3. The van der Waals surface area contributed by atoms with Crippen molar-refractivity contribution in [2.45, 2.75) is 46.3 Å². The summed E-state index contributed by atoms with van der Waals surface area (Å²) in [7, 11) is 1.65. The average Bonchev–Trinajstić information content (AvgIpc) is 2.66. The Balaban J connectivity index is 2.19. The molecule has 0 aliphatic rings. The van der Waals surface area contributed by atoms with E-state index in [4.69, 9.17) is 14.2 Å². The first-order valence-corrected chi connectivity index (χ1v) is 10.0. The van der Waals surface area contributed by atoms with Gasteiger partial charge in [-0.3, -0.25) is 4.99 Å². The van der Waals surface area contributed by atoms with E-state index in [1.54, 1.807) is 7.11 Å². The molecule has 0 fully saturated rings. The number of methoxy groups -OCH3 is 1. The van der Waals surface area contributed by atoms with Crippen molar-refractivity contribution in [2.75, 3.05) is 39.9 Å². The number of carbonyl (C=O) groups is 1. The summed E-state index contributed by atoms with van der Waals surface area (Å²) in [6.45, 7) is 11.1. The van der Waals surface area contributed by atoms with Crippen molar-refractivity contribution in [3.63, 3.8) is 0 Å². The van der Waals surface area contributed by atoms with Crippen LogP contribution in [0.4, 0.5) is 4.79 Å². The molecular formula is C21H36N4O4. The maximum absolute atomic E-state index is 11.6. The molecule has 29 heavy (non-hydrogen) atoms. The van der Waals surface area contributed by atoms with E-state index in [0.29, 0.717) is 38.8 Å². The highest BCUT2D eigenvalue weighted by molar-refractivity contribution is 5.79. The van der Waals surface area contributed by atoms with Crippen molar-refractivity contribution >= 4 is 12.1 Å². The van der Waals surface area contributed by atoms with Gasteiger partial charge in [-0.2, -0.15) is 0 Å². The summed E-state index contributed by atoms with van der Waals surface area (Å²) in [5.74, 6) is 1.56. The fourth-order valence-corrected chi connectivity index (χ4v) is 2.27. The highest BCUT2D eigenvalue weighted by atomic mass is 16.6. The van der Waals surface area contributed by atoms with Crippen LogP contribution in [0.2, 0.25) is 0 Å². The van der Waals surface area contributed by atoms with E-state index in [2.05, 4.69) is 20.9 Å². The summed E-state index contributed by atoms with van der Waals surface area (Å²) in [4.78, 5) is 16.1. The molecule has 0 spiro atoms. The Hall–Kier alpha value is -2.48. The van der Waals surface area contributed by atoms with E-state index in [1.165, 1.54) is 0 Å². The lowest BCUT2D eigenvalue weighted by Crippen LogP contribution is -2.42. The van der Waals surface area contributed by atoms with Crippen molar-refractivity contribution < 1.29 is 19.0 Å². The minimum Gasteiger partial charge on any atom is -0.497 e. The molecule has 0 saturated heterocycles. The fraction of sp³-hybridized carbons (Fsp3) is 0.619. The van der Waals surface area contributed by atoms with Crippen molar-refractivity contribution in [1.29, 1.82) is 0 Å². The van der Waals surface area contributed by atoms with Gasteiger partial charge in [-0.25, -0.2) is 4.79 Å². The molecule has 0 bridgehead atoms. The fourth-order valence-electron chi connectivity index (χ4n) is 2.27. The highest BCUT2D eigenvalue weighted by Crippen LogP contribution is 2.11. The van der Waals surface area contributed by atoms with Crippen LogP contribution in [0.5, 0.6) is 5.75 Å². The Labute approximate surface area is 174 Å². The van der Waals surface area contributed by atoms with E-state index < -0.39 is 11.7 Å². The average molecular weight is 409 g/mol. The van der Waals surface area contributed by atoms with Gasteiger partial charge in [0.05, 0.1) is 13.7 Å². The zero-order valence-corrected chi connectivity index (χ0v) is 18.3. The number of guanidine groups is 1. The Kier molecular flexibility index (Phi) is 11.6. The van der Waals surface area contributed by atoms with Gasteiger partial charge in [0.15, 0.2) is 5.96 Å². The highest BCUT2D eigenvalue weighted by Gasteiger charge is 2.15. The third kappa shape index (κ3) is 12.6. The molecule has 1 aromatic carbocycles. The Morgan fingerprint density at radius 3 is 2.38 bits per heavy atom. The number of aliphatic imine (C=N–C) groups is 1. The van der Waals surface area contributed by atoms with E-state index >= 15 is 0 Å². The monoisotopic (exact) mass is 408 g/mol. The molecule has 0 unspecified atom stereocenters. The molecule has 8 heteroatoms. The van der Waals surface area contributed by atoms with Gasteiger partial charge >= 0.3 is 6.09 Å². The molecule has 1 rings (SSSR count). The molecule has 0 aromatic heterocycles. The summed E-state index contributed by atoms with van der Waals surface area (Å²) in [6, 6.07) is 7.84. The molecular weight excluding hydrogens is 372 g/mol. The summed E-state index contributed by atoms with van der Waals surface area (Å²) in [6.07, 6.45) is 0.401. The molecule has 0 aliphatic heterocycles. The standard InChI is InChI=1S/C21H36N4O4/c1-6-22-19(24-13-14-25-20(26)29-21(2,3)4)23-12-7-15-28-16-17-8-10-18(27-5)11-9-17/h8-11H,6-7,12-16H2,1-5H3,(H,25,26)(H2,22,23,24). The predicted octanol–water partition coefficient (Wildman–Crippen LogP) is 2.68. The summed E-state index contributed by atoms with van der Waals surface area (Å²) < 4.78 is 16.0. The van der Waals surface area contributed by atoms with Gasteiger partial charge in [0.1, 0.15) is 11.4 Å². The molecule has 0 aliphatic carbocycles. The van der Waals surface area contributed by atoms with Crippen LogP contribution in [0.25, 0.3) is 0 Å². The van der Waals surface area contributed by atoms with Crippen LogP contribution >= 0.6 is 0 Å².